The van der Waals surface area contributed by atoms with Crippen LogP contribution >= 0.6 is 0 Å². The van der Waals surface area contributed by atoms with Gasteiger partial charge in [-0.05, 0) is 37.1 Å². The fourth-order valence-electron chi connectivity index (χ4n) is 4.65. The Labute approximate surface area is 155 Å². The fraction of sp³-hybridized carbons (Fsp3) is 0.579. The van der Waals surface area contributed by atoms with Gasteiger partial charge in [0.2, 0.25) is 5.91 Å². The summed E-state index contributed by atoms with van der Waals surface area (Å²) >= 11 is 0. The van der Waals surface area contributed by atoms with Crippen molar-refractivity contribution in [2.75, 3.05) is 18.8 Å². The quantitative estimate of drug-likeness (QED) is 0.793. The molecule has 1 atom stereocenters. The molecule has 7 heteroatoms. The minimum Gasteiger partial charge on any atom is -0.338 e. The molecule has 26 heavy (non-hydrogen) atoms. The predicted octanol–water partition coefficient (Wildman–Crippen LogP) is 2.29. The molecule has 3 aliphatic rings. The van der Waals surface area contributed by atoms with Crippen molar-refractivity contribution in [3.8, 4) is 0 Å². The lowest BCUT2D eigenvalue weighted by molar-refractivity contribution is -0.133. The van der Waals surface area contributed by atoms with Crippen molar-refractivity contribution in [2.24, 2.45) is 0 Å². The zero-order valence-electron chi connectivity index (χ0n) is 14.7. The zero-order chi connectivity index (χ0) is 18.3. The highest BCUT2D eigenvalue weighted by atomic mass is 32.2. The van der Waals surface area contributed by atoms with Crippen LogP contribution in [0, 0.1) is 5.82 Å². The number of carbonyl (C=O) groups is 2. The molecular formula is C19H23FN2O3S. The monoisotopic (exact) mass is 378 g/mol. The molecule has 4 rings (SSSR count). The van der Waals surface area contributed by atoms with Gasteiger partial charge in [-0.25, -0.2) is 4.39 Å². The Morgan fingerprint density at radius 2 is 1.73 bits per heavy atom. The molecule has 2 saturated heterocycles. The fourth-order valence-corrected chi connectivity index (χ4v) is 6.39. The predicted molar refractivity (Wildman–Crippen MR) is 96.4 cm³/mol. The maximum Gasteiger partial charge on any atom is 0.253 e. The second kappa shape index (κ2) is 6.76. The van der Waals surface area contributed by atoms with Gasteiger partial charge in [-0.15, -0.1) is 0 Å². The van der Waals surface area contributed by atoms with Gasteiger partial charge in [-0.3, -0.25) is 13.8 Å². The summed E-state index contributed by atoms with van der Waals surface area (Å²) in [5, 5.41) is 0. The molecule has 140 valence electrons. The number of hydrogen-bond acceptors (Lipinski definition) is 3. The summed E-state index contributed by atoms with van der Waals surface area (Å²) in [5.74, 6) is -0.385. The van der Waals surface area contributed by atoms with Crippen LogP contribution in [0.3, 0.4) is 0 Å². The van der Waals surface area contributed by atoms with Crippen LogP contribution in [-0.2, 0) is 15.6 Å². The van der Waals surface area contributed by atoms with Crippen LogP contribution in [0.2, 0.25) is 0 Å². The molecule has 0 bridgehead atoms. The second-order valence-electron chi connectivity index (χ2n) is 7.44. The first-order chi connectivity index (χ1) is 12.5. The molecule has 3 fully saturated rings. The zero-order valence-corrected chi connectivity index (χ0v) is 15.5. The molecule has 2 amide bonds. The molecule has 1 spiro atoms. The standard InChI is InChI=1S/C19H23FN2O3S/c20-15-7-5-14(6-8-15)18(24)21-11-9-19(10-12-21)22(16-3-1-2-4-16)17(23)13-26(19)25/h5-8,16H,1-4,9-13H2. The van der Waals surface area contributed by atoms with E-state index in [0.29, 0.717) is 31.5 Å². The van der Waals surface area contributed by atoms with Crippen molar-refractivity contribution in [1.82, 2.24) is 9.80 Å². The molecule has 1 aromatic carbocycles. The maximum absolute atomic E-state index is 13.1. The molecule has 1 aliphatic carbocycles. The first kappa shape index (κ1) is 17.6. The minimum absolute atomic E-state index is 0.00791. The first-order valence-electron chi connectivity index (χ1n) is 9.27. The Bertz CT molecular complexity index is 738. The van der Waals surface area contributed by atoms with E-state index in [0.717, 1.165) is 25.7 Å². The average Bonchev–Trinajstić information content (AvgIpc) is 3.23. The lowest BCUT2D eigenvalue weighted by Gasteiger charge is -2.45. The summed E-state index contributed by atoms with van der Waals surface area (Å²) in [6.45, 7) is 0.941. The van der Waals surface area contributed by atoms with Gasteiger partial charge in [-0.1, -0.05) is 12.8 Å². The van der Waals surface area contributed by atoms with Crippen LogP contribution in [0.5, 0.6) is 0 Å². The Balaban J connectivity index is 1.50. The van der Waals surface area contributed by atoms with Gasteiger partial charge in [0.1, 0.15) is 16.4 Å². The first-order valence-corrected chi connectivity index (χ1v) is 10.6. The van der Waals surface area contributed by atoms with Gasteiger partial charge in [0.25, 0.3) is 5.91 Å². The van der Waals surface area contributed by atoms with Gasteiger partial charge in [0, 0.05) is 37.5 Å². The van der Waals surface area contributed by atoms with Gasteiger partial charge in [0.05, 0.1) is 10.8 Å². The Hall–Kier alpha value is -1.76. The summed E-state index contributed by atoms with van der Waals surface area (Å²) in [7, 11) is -1.21. The number of benzene rings is 1. The van der Waals surface area contributed by atoms with E-state index >= 15 is 0 Å². The topological polar surface area (TPSA) is 57.7 Å². The molecule has 0 N–H and O–H groups in total. The van der Waals surface area contributed by atoms with Crippen molar-refractivity contribution < 1.29 is 18.2 Å². The van der Waals surface area contributed by atoms with Crippen molar-refractivity contribution in [2.45, 2.75) is 49.4 Å². The number of rotatable bonds is 2. The number of carbonyl (C=O) groups excluding carboxylic acids is 2. The van der Waals surface area contributed by atoms with E-state index in [-0.39, 0.29) is 29.4 Å². The van der Waals surface area contributed by atoms with Crippen molar-refractivity contribution in [3.63, 3.8) is 0 Å². The van der Waals surface area contributed by atoms with Crippen molar-refractivity contribution in [3.05, 3.63) is 35.6 Å². The molecule has 1 aromatic rings. The van der Waals surface area contributed by atoms with E-state index < -0.39 is 15.7 Å². The molecule has 0 aromatic heterocycles. The highest BCUT2D eigenvalue weighted by Crippen LogP contribution is 2.42. The molecule has 1 saturated carbocycles. The third kappa shape index (κ3) is 2.86. The summed E-state index contributed by atoms with van der Waals surface area (Å²) in [4.78, 5) is 28.2. The number of nitrogens with zero attached hydrogens (tertiary/aromatic N) is 2. The SMILES string of the molecule is O=C(c1ccc(F)cc1)N1CCC2(CC1)N(C1CCCC1)C(=O)CS2=O. The Morgan fingerprint density at radius 3 is 2.35 bits per heavy atom. The smallest absolute Gasteiger partial charge is 0.253 e. The third-order valence-electron chi connectivity index (χ3n) is 6.00. The summed E-state index contributed by atoms with van der Waals surface area (Å²) in [6.07, 6.45) is 5.31. The van der Waals surface area contributed by atoms with E-state index in [1.165, 1.54) is 24.3 Å². The number of hydrogen-bond donors (Lipinski definition) is 0. The normalized spacial score (nSPS) is 26.0. The van der Waals surface area contributed by atoms with Gasteiger partial charge >= 0.3 is 0 Å². The van der Waals surface area contributed by atoms with Crippen LogP contribution in [0.4, 0.5) is 4.39 Å². The van der Waals surface area contributed by atoms with Gasteiger partial charge in [-0.2, -0.15) is 0 Å². The van der Waals surface area contributed by atoms with E-state index in [1.54, 1.807) is 4.90 Å². The average molecular weight is 378 g/mol. The highest BCUT2D eigenvalue weighted by Gasteiger charge is 2.55. The number of piperidine rings is 1. The number of amides is 2. The molecule has 5 nitrogen and oxygen atoms in total. The van der Waals surface area contributed by atoms with E-state index in [9.17, 15) is 18.2 Å². The lowest BCUT2D eigenvalue weighted by atomic mass is 9.98. The molecule has 2 aliphatic heterocycles. The highest BCUT2D eigenvalue weighted by molar-refractivity contribution is 7.87. The molecule has 2 heterocycles. The molecule has 0 radical (unpaired) electrons. The Kier molecular flexibility index (Phi) is 4.59. The third-order valence-corrected chi connectivity index (χ3v) is 7.96. The van der Waals surface area contributed by atoms with Crippen LogP contribution in [0.25, 0.3) is 0 Å². The van der Waals surface area contributed by atoms with Crippen molar-refractivity contribution in [1.29, 1.82) is 0 Å². The summed E-state index contributed by atoms with van der Waals surface area (Å²) in [6, 6.07) is 5.75. The van der Waals surface area contributed by atoms with Gasteiger partial charge < -0.3 is 9.80 Å². The van der Waals surface area contributed by atoms with E-state index in [1.807, 2.05) is 4.90 Å². The van der Waals surface area contributed by atoms with Crippen LogP contribution in [0.15, 0.2) is 24.3 Å². The lowest BCUT2D eigenvalue weighted by Crippen LogP contribution is -2.58. The number of likely N-dealkylation sites (tertiary alicyclic amines) is 1. The summed E-state index contributed by atoms with van der Waals surface area (Å²) in [5.41, 5.74) is 0.457. The summed E-state index contributed by atoms with van der Waals surface area (Å²) < 4.78 is 25.9. The molecule has 1 unspecified atom stereocenters. The van der Waals surface area contributed by atoms with Crippen molar-refractivity contribution >= 4 is 22.6 Å². The maximum atomic E-state index is 13.1. The van der Waals surface area contributed by atoms with Crippen LogP contribution in [-0.4, -0.2) is 55.6 Å². The minimum atomic E-state index is -1.21. The van der Waals surface area contributed by atoms with Crippen LogP contribution < -0.4 is 0 Å². The van der Waals surface area contributed by atoms with Crippen LogP contribution in [0.1, 0.15) is 48.9 Å². The largest absolute Gasteiger partial charge is 0.338 e. The van der Waals surface area contributed by atoms with E-state index in [4.69, 9.17) is 0 Å². The van der Waals surface area contributed by atoms with Gasteiger partial charge in [0.15, 0.2) is 0 Å². The number of halogens is 1. The second-order valence-corrected chi connectivity index (χ2v) is 9.18. The van der Waals surface area contributed by atoms with E-state index in [2.05, 4.69) is 0 Å². The molecular weight excluding hydrogens is 355 g/mol. The Morgan fingerprint density at radius 1 is 1.12 bits per heavy atom.